The summed E-state index contributed by atoms with van der Waals surface area (Å²) >= 11 is 0. The molecule has 1 aliphatic rings. The van der Waals surface area contributed by atoms with Gasteiger partial charge in [0.1, 0.15) is 54.7 Å². The van der Waals surface area contributed by atoms with Crippen LogP contribution in [0.4, 0.5) is 5.95 Å². The highest BCUT2D eigenvalue weighted by Crippen LogP contribution is 2.51. The van der Waals surface area contributed by atoms with E-state index in [0.29, 0.717) is 17.2 Å². The minimum atomic E-state index is -1.95. The minimum absolute atomic E-state index is 0.0429. The van der Waals surface area contributed by atoms with Gasteiger partial charge in [-0.15, -0.1) is 0 Å². The summed E-state index contributed by atoms with van der Waals surface area (Å²) in [6.07, 6.45) is -2.61. The molecule has 1 amide bonds. The molecule has 2 aromatic heterocycles. The summed E-state index contributed by atoms with van der Waals surface area (Å²) in [6.45, 7) is 7.26. The van der Waals surface area contributed by atoms with Gasteiger partial charge in [-0.05, 0) is 80.8 Å². The van der Waals surface area contributed by atoms with Gasteiger partial charge in [0, 0.05) is 12.1 Å². The normalized spacial score (nSPS) is 17.1. The van der Waals surface area contributed by atoms with Gasteiger partial charge in [0.25, 0.3) is 20.0 Å². The predicted molar refractivity (Wildman–Crippen MR) is 273 cm³/mol. The summed E-state index contributed by atoms with van der Waals surface area (Å²) in [5.41, 5.74) is 0.372. The second-order valence-electron chi connectivity index (χ2n) is 17.3. The first-order valence-electron chi connectivity index (χ1n) is 24.0. The van der Waals surface area contributed by atoms with Crippen molar-refractivity contribution in [2.45, 2.75) is 82.8 Å². The summed E-state index contributed by atoms with van der Waals surface area (Å²) < 4.78 is 66.6. The van der Waals surface area contributed by atoms with E-state index in [-0.39, 0.29) is 82.1 Å². The van der Waals surface area contributed by atoms with E-state index in [2.05, 4.69) is 31.0 Å². The molecule has 0 radical (unpaired) electrons. The van der Waals surface area contributed by atoms with Gasteiger partial charge in [0.15, 0.2) is 24.0 Å². The number of methoxy groups -OCH3 is 2. The number of para-hydroxylation sites is 1. The zero-order chi connectivity index (χ0) is 52.5. The van der Waals surface area contributed by atoms with E-state index in [1.54, 1.807) is 38.5 Å². The molecular formula is C53H61N8O12P. The number of anilines is 1. The summed E-state index contributed by atoms with van der Waals surface area (Å²) in [7, 11) is 1.25. The number of benzene rings is 4. The molecule has 3 heterocycles. The zero-order valence-corrected chi connectivity index (χ0v) is 43.0. The van der Waals surface area contributed by atoms with Gasteiger partial charge >= 0.3 is 0 Å². The largest absolute Gasteiger partial charge is 0.497 e. The van der Waals surface area contributed by atoms with E-state index in [4.69, 9.17) is 52.2 Å². The molecule has 1 aliphatic heterocycles. The van der Waals surface area contributed by atoms with E-state index in [1.807, 2.05) is 119 Å². The molecule has 4 aromatic carbocycles. The maximum Gasteiger partial charge on any atom is 0.280 e. The Balaban J connectivity index is 1.34. The SMILES string of the molecule is COc1ccc(C(OC[C@H]2O[C@@H](n3cnc4c(=O)[nH]c(NC(=O)COc5ccccc5)nc43)[C@@H](OCOCOCCC#N)C2OP(OCCC#N)N(C(C)C)C(C)C)(c2ccccc2)c2ccc(OC)cc2)cc1. The molecule has 2 unspecified atom stereocenters. The zero-order valence-electron chi connectivity index (χ0n) is 42.1. The first kappa shape index (κ1) is 55.0. The first-order chi connectivity index (χ1) is 36.0. The number of rotatable bonds is 28. The number of ether oxygens (including phenoxy) is 8. The number of amides is 1. The van der Waals surface area contributed by atoms with Crippen LogP contribution in [0, 0.1) is 22.7 Å². The summed E-state index contributed by atoms with van der Waals surface area (Å²) in [5.74, 6) is 1.02. The Bertz CT molecular complexity index is 2790. The molecule has 0 spiro atoms. The predicted octanol–water partition coefficient (Wildman–Crippen LogP) is 7.97. The second kappa shape index (κ2) is 26.9. The van der Waals surface area contributed by atoms with Gasteiger partial charge in [-0.1, -0.05) is 72.8 Å². The smallest absolute Gasteiger partial charge is 0.280 e. The molecule has 5 atom stereocenters. The van der Waals surface area contributed by atoms with Crippen LogP contribution < -0.4 is 25.1 Å². The molecule has 390 valence electrons. The van der Waals surface area contributed by atoms with E-state index < -0.39 is 50.1 Å². The lowest BCUT2D eigenvalue weighted by molar-refractivity contribution is -0.173. The highest BCUT2D eigenvalue weighted by atomic mass is 31.2. The van der Waals surface area contributed by atoms with Crippen LogP contribution in [0.1, 0.15) is 63.5 Å². The standard InChI is InChI=1S/C53H61N8O12P/c1-36(2)61(37(3)4)74(71-30-14-28-55)73-47-44(31-70-53(38-15-9-7-10-16-38,39-19-23-41(64-5)24-20-39)40-21-25-42(65-6)26-22-40)72-51(48(47)69-35-67-34-66-29-13-27-54)60-33-56-46-49(60)58-52(59-50(46)63)57-45(62)32-68-43-17-11-8-12-18-43/h7-12,15-26,33,36-37,44,47-48,51H,13-14,29-32,34-35H2,1-6H3,(H2,57,58,59,62,63)/t44-,47?,48+,51-,74?/m1/s1. The average molecular weight is 1030 g/mol. The van der Waals surface area contributed by atoms with Gasteiger partial charge in [-0.25, -0.2) is 9.65 Å². The van der Waals surface area contributed by atoms with Crippen LogP contribution in [0.5, 0.6) is 17.2 Å². The van der Waals surface area contributed by atoms with Crippen LogP contribution >= 0.6 is 8.53 Å². The molecule has 1 saturated heterocycles. The lowest BCUT2D eigenvalue weighted by Crippen LogP contribution is -2.43. The van der Waals surface area contributed by atoms with Crippen molar-refractivity contribution in [3.63, 3.8) is 0 Å². The molecule has 0 bridgehead atoms. The van der Waals surface area contributed by atoms with Crippen molar-refractivity contribution in [1.29, 1.82) is 10.5 Å². The number of hydrogen-bond acceptors (Lipinski definition) is 17. The van der Waals surface area contributed by atoms with E-state index in [1.165, 1.54) is 10.9 Å². The maximum absolute atomic E-state index is 13.7. The number of H-pyrrole nitrogens is 1. The number of imidazole rings is 1. The molecule has 0 saturated carbocycles. The molecule has 1 fully saturated rings. The van der Waals surface area contributed by atoms with Crippen LogP contribution in [-0.2, 0) is 43.1 Å². The van der Waals surface area contributed by atoms with Crippen LogP contribution in [0.2, 0.25) is 0 Å². The fraction of sp³-hybridized carbons (Fsp3) is 0.396. The number of fused-ring (bicyclic) bond motifs is 1. The van der Waals surface area contributed by atoms with Crippen molar-refractivity contribution in [3.05, 3.63) is 143 Å². The van der Waals surface area contributed by atoms with Crippen molar-refractivity contribution < 1.29 is 51.7 Å². The van der Waals surface area contributed by atoms with E-state index >= 15 is 0 Å². The number of aromatic amines is 1. The Kier molecular flexibility index (Phi) is 20.0. The molecule has 21 heteroatoms. The van der Waals surface area contributed by atoms with Crippen LogP contribution in [0.3, 0.4) is 0 Å². The average Bonchev–Trinajstić information content (AvgIpc) is 4.00. The summed E-state index contributed by atoms with van der Waals surface area (Å²) in [6, 6.07) is 37.9. The fourth-order valence-corrected chi connectivity index (χ4v) is 10.2. The number of nitrogens with one attached hydrogen (secondary N) is 2. The van der Waals surface area contributed by atoms with Gasteiger partial charge in [-0.2, -0.15) is 15.5 Å². The Morgan fingerprint density at radius 1 is 0.811 bits per heavy atom. The lowest BCUT2D eigenvalue weighted by atomic mass is 9.80. The minimum Gasteiger partial charge on any atom is -0.497 e. The van der Waals surface area contributed by atoms with Gasteiger partial charge in [0.05, 0.1) is 65.3 Å². The molecule has 20 nitrogen and oxygen atoms in total. The van der Waals surface area contributed by atoms with Crippen molar-refractivity contribution in [3.8, 4) is 29.4 Å². The third kappa shape index (κ3) is 13.5. The fourth-order valence-electron chi connectivity index (χ4n) is 8.45. The first-order valence-corrected chi connectivity index (χ1v) is 25.1. The van der Waals surface area contributed by atoms with Crippen LogP contribution in [0.25, 0.3) is 11.2 Å². The third-order valence-corrected chi connectivity index (χ3v) is 13.9. The van der Waals surface area contributed by atoms with Gasteiger partial charge in [-0.3, -0.25) is 24.5 Å². The maximum atomic E-state index is 13.7. The van der Waals surface area contributed by atoms with Crippen molar-refractivity contribution in [2.75, 3.05) is 59.5 Å². The quantitative estimate of drug-likeness (QED) is 0.0205. The van der Waals surface area contributed by atoms with Crippen molar-refractivity contribution in [1.82, 2.24) is 24.2 Å². The molecule has 6 aromatic rings. The topological polar surface area (TPSA) is 236 Å². The number of hydrogen-bond donors (Lipinski definition) is 2. The number of nitrogens with zero attached hydrogens (tertiary/aromatic N) is 6. The van der Waals surface area contributed by atoms with E-state index in [0.717, 1.165) is 16.7 Å². The summed E-state index contributed by atoms with van der Waals surface area (Å²) in [4.78, 5) is 38.6. The number of carbonyl (C=O) groups is 1. The van der Waals surface area contributed by atoms with E-state index in [9.17, 15) is 14.9 Å². The molecule has 2 N–H and O–H groups in total. The van der Waals surface area contributed by atoms with Gasteiger partial charge in [0.2, 0.25) is 5.95 Å². The third-order valence-electron chi connectivity index (χ3n) is 11.7. The van der Waals surface area contributed by atoms with Crippen molar-refractivity contribution in [2.24, 2.45) is 0 Å². The Hall–Kier alpha value is -6.81. The molecule has 0 aliphatic carbocycles. The Labute approximate surface area is 430 Å². The number of carbonyl (C=O) groups excluding carboxylic acids is 1. The second-order valence-corrected chi connectivity index (χ2v) is 18.7. The Morgan fingerprint density at radius 2 is 1.42 bits per heavy atom. The van der Waals surface area contributed by atoms with Crippen molar-refractivity contribution >= 4 is 31.5 Å². The monoisotopic (exact) mass is 1030 g/mol. The Morgan fingerprint density at radius 3 is 2.03 bits per heavy atom. The lowest BCUT2D eigenvalue weighted by Gasteiger charge is -2.39. The number of aromatic nitrogens is 4. The number of nitriles is 2. The highest BCUT2D eigenvalue weighted by Gasteiger charge is 2.52. The van der Waals surface area contributed by atoms with Crippen LogP contribution in [-0.4, -0.2) is 115 Å². The summed E-state index contributed by atoms with van der Waals surface area (Å²) in [5, 5.41) is 21.3. The van der Waals surface area contributed by atoms with Crippen LogP contribution in [0.15, 0.2) is 120 Å². The molecule has 7 rings (SSSR count). The highest BCUT2D eigenvalue weighted by molar-refractivity contribution is 7.44. The molecule has 74 heavy (non-hydrogen) atoms. The molecular weight excluding hydrogens is 972 g/mol. The van der Waals surface area contributed by atoms with Gasteiger partial charge < -0.3 is 46.9 Å².